The summed E-state index contributed by atoms with van der Waals surface area (Å²) in [5, 5.41) is 0. The topological polar surface area (TPSA) is 0 Å². The Bertz CT molecular complexity index is 740. The minimum atomic E-state index is 0.613. The Balaban J connectivity index is 1.41. The van der Waals surface area contributed by atoms with E-state index in [-0.39, 0.29) is 0 Å². The fourth-order valence-corrected chi connectivity index (χ4v) is 6.43. The van der Waals surface area contributed by atoms with E-state index < -0.39 is 0 Å². The zero-order valence-electron chi connectivity index (χ0n) is 14.8. The monoisotopic (exact) mass is 442 g/mol. The van der Waals surface area contributed by atoms with Crippen molar-refractivity contribution in [2.24, 2.45) is 17.8 Å². The smallest absolute Gasteiger partial charge is 0.0295 e. The van der Waals surface area contributed by atoms with E-state index in [1.807, 2.05) is 0 Å². The number of hydrogen-bond acceptors (Lipinski definition) is 0. The summed E-state index contributed by atoms with van der Waals surface area (Å²) in [6.07, 6.45) is 22.8. The normalized spacial score (nSPS) is 38.8. The van der Waals surface area contributed by atoms with Gasteiger partial charge in [0.1, 0.15) is 0 Å². The van der Waals surface area contributed by atoms with E-state index >= 15 is 0 Å². The molecule has 4 aliphatic rings. The van der Waals surface area contributed by atoms with E-state index in [1.54, 1.807) is 16.7 Å². The molecule has 0 heterocycles. The highest BCUT2D eigenvalue weighted by molar-refractivity contribution is 14.1. The molecular weight excluding hydrogens is 415 g/mol. The summed E-state index contributed by atoms with van der Waals surface area (Å²) in [6.45, 7) is 0. The minimum absolute atomic E-state index is 0.613. The van der Waals surface area contributed by atoms with Gasteiger partial charge in [-0.05, 0) is 73.0 Å². The van der Waals surface area contributed by atoms with Gasteiger partial charge >= 0.3 is 0 Å². The van der Waals surface area contributed by atoms with Crippen molar-refractivity contribution < 1.29 is 0 Å². The van der Waals surface area contributed by atoms with E-state index in [1.165, 1.54) is 38.5 Å². The molecule has 5 unspecified atom stereocenters. The average molecular weight is 442 g/mol. The van der Waals surface area contributed by atoms with Crippen LogP contribution < -0.4 is 0 Å². The maximum atomic E-state index is 2.57. The zero-order chi connectivity index (χ0) is 16.8. The van der Waals surface area contributed by atoms with E-state index in [2.05, 4.69) is 77.2 Å². The maximum absolute atomic E-state index is 2.57. The van der Waals surface area contributed by atoms with Gasteiger partial charge in [-0.2, -0.15) is 0 Å². The molecule has 0 bridgehead atoms. The molecule has 6 atom stereocenters. The first-order valence-corrected chi connectivity index (χ1v) is 11.3. The van der Waals surface area contributed by atoms with Gasteiger partial charge < -0.3 is 0 Å². The summed E-state index contributed by atoms with van der Waals surface area (Å²) in [6, 6.07) is 7.46. The summed E-state index contributed by atoms with van der Waals surface area (Å²) in [5.41, 5.74) is 4.81. The van der Waals surface area contributed by atoms with Crippen molar-refractivity contribution in [1.82, 2.24) is 0 Å². The molecule has 0 radical (unpaired) electrons. The molecule has 0 aliphatic heterocycles. The van der Waals surface area contributed by atoms with Crippen molar-refractivity contribution in [2.75, 3.05) is 0 Å². The number of hydrogen-bond donors (Lipinski definition) is 0. The van der Waals surface area contributed by atoms with Crippen LogP contribution >= 0.6 is 22.6 Å². The quantitative estimate of drug-likeness (QED) is 0.257. The lowest BCUT2D eigenvalue weighted by Crippen LogP contribution is -2.24. The van der Waals surface area contributed by atoms with Gasteiger partial charge in [-0.3, -0.25) is 0 Å². The summed E-state index contributed by atoms with van der Waals surface area (Å²) in [5.74, 6) is 3.73. The summed E-state index contributed by atoms with van der Waals surface area (Å²) in [7, 11) is 0. The van der Waals surface area contributed by atoms with Gasteiger partial charge in [0.15, 0.2) is 0 Å². The Kier molecular flexibility index (Phi) is 4.39. The minimum Gasteiger partial charge on any atom is -0.0879 e. The largest absolute Gasteiger partial charge is 0.0879 e. The van der Waals surface area contributed by atoms with Gasteiger partial charge in [-0.15, -0.1) is 0 Å². The van der Waals surface area contributed by atoms with Gasteiger partial charge in [0.2, 0.25) is 0 Å². The average Bonchev–Trinajstić information content (AvgIpc) is 2.67. The summed E-state index contributed by atoms with van der Waals surface area (Å²) in [4.78, 5) is 0. The number of aryl methyl sites for hydroxylation is 1. The number of halogens is 1. The molecule has 130 valence electrons. The van der Waals surface area contributed by atoms with Crippen LogP contribution in [0.1, 0.15) is 60.6 Å². The first-order chi connectivity index (χ1) is 12.3. The molecule has 1 aromatic rings. The van der Waals surface area contributed by atoms with E-state index in [9.17, 15) is 0 Å². The second kappa shape index (κ2) is 6.72. The predicted molar refractivity (Wildman–Crippen MR) is 114 cm³/mol. The number of alkyl halides is 1. The van der Waals surface area contributed by atoms with Crippen LogP contribution in [0, 0.1) is 17.8 Å². The van der Waals surface area contributed by atoms with Crippen molar-refractivity contribution in [3.8, 4) is 0 Å². The molecule has 0 saturated carbocycles. The van der Waals surface area contributed by atoms with Crippen LogP contribution in [0.2, 0.25) is 0 Å². The lowest BCUT2D eigenvalue weighted by Gasteiger charge is -2.36. The number of fused-ring (bicyclic) bond motifs is 4. The van der Waals surface area contributed by atoms with Crippen molar-refractivity contribution in [3.05, 3.63) is 71.3 Å². The van der Waals surface area contributed by atoms with E-state index in [4.69, 9.17) is 0 Å². The number of allylic oxidation sites excluding steroid dienone is 6. The molecule has 0 spiro atoms. The van der Waals surface area contributed by atoms with Gasteiger partial charge in [0, 0.05) is 15.8 Å². The molecule has 0 amide bonds. The Morgan fingerprint density at radius 1 is 0.880 bits per heavy atom. The molecule has 4 aliphatic carbocycles. The highest BCUT2D eigenvalue weighted by atomic mass is 127. The number of benzene rings is 1. The van der Waals surface area contributed by atoms with Gasteiger partial charge in [-0.1, -0.05) is 77.2 Å². The van der Waals surface area contributed by atoms with Crippen LogP contribution in [0.5, 0.6) is 0 Å². The Morgan fingerprint density at radius 3 is 2.72 bits per heavy atom. The Labute approximate surface area is 165 Å². The lowest BCUT2D eigenvalue weighted by atomic mass is 9.69. The third kappa shape index (κ3) is 3.07. The third-order valence-electron chi connectivity index (χ3n) is 7.03. The molecule has 0 fully saturated rings. The second-order valence-electron chi connectivity index (χ2n) is 8.48. The zero-order valence-corrected chi connectivity index (χ0v) is 16.9. The Hall–Kier alpha value is -0.830. The van der Waals surface area contributed by atoms with Crippen LogP contribution in [-0.4, -0.2) is 3.92 Å². The fraction of sp³-hybridized carbons (Fsp3) is 0.500. The molecule has 1 heteroatoms. The van der Waals surface area contributed by atoms with Crippen molar-refractivity contribution in [1.29, 1.82) is 0 Å². The molecule has 0 nitrogen and oxygen atoms in total. The van der Waals surface area contributed by atoms with E-state index in [0.717, 1.165) is 21.7 Å². The lowest BCUT2D eigenvalue weighted by molar-refractivity contribution is 0.375. The van der Waals surface area contributed by atoms with Gasteiger partial charge in [0.25, 0.3) is 0 Å². The van der Waals surface area contributed by atoms with Gasteiger partial charge in [0.05, 0.1) is 0 Å². The fourth-order valence-electron chi connectivity index (χ4n) is 5.60. The van der Waals surface area contributed by atoms with Crippen LogP contribution in [0.4, 0.5) is 0 Å². The van der Waals surface area contributed by atoms with Crippen LogP contribution in [0.25, 0.3) is 0 Å². The maximum Gasteiger partial charge on any atom is 0.0295 e. The summed E-state index contributed by atoms with van der Waals surface area (Å²) < 4.78 is 0.722. The predicted octanol–water partition coefficient (Wildman–Crippen LogP) is 6.72. The highest BCUT2D eigenvalue weighted by Crippen LogP contribution is 2.45. The van der Waals surface area contributed by atoms with Crippen molar-refractivity contribution in [3.63, 3.8) is 0 Å². The molecule has 1 aromatic carbocycles. The number of rotatable bonds is 1. The molecule has 25 heavy (non-hydrogen) atoms. The second-order valence-corrected chi connectivity index (χ2v) is 10.1. The van der Waals surface area contributed by atoms with Crippen LogP contribution in [-0.2, 0) is 6.42 Å². The van der Waals surface area contributed by atoms with Crippen LogP contribution in [0.3, 0.4) is 0 Å². The van der Waals surface area contributed by atoms with Crippen LogP contribution in [0.15, 0.2) is 54.7 Å². The first kappa shape index (κ1) is 16.4. The Morgan fingerprint density at radius 2 is 1.76 bits per heavy atom. The molecule has 0 aromatic heterocycles. The van der Waals surface area contributed by atoms with Crippen molar-refractivity contribution >= 4 is 22.6 Å². The molecule has 0 N–H and O–H groups in total. The SMILES string of the molecule is IC1C=CC2C[C@@H](c3ccc4c(c3)CCC3CCC=CC43)C=CC2C1. The standard InChI is InChI=1S/C24H27I/c25-22-11-9-18-13-17(6-7-20(18)15-22)19-10-12-24-21(14-19)8-5-16-3-1-2-4-23(16)24/h2,4,6-7,9-12,14,16-18,20,22-23H,1,3,5,8,13,15H2/t16?,17-,18?,20?,22?,23?/m0/s1. The first-order valence-electron chi connectivity index (χ1n) is 10.1. The summed E-state index contributed by atoms with van der Waals surface area (Å²) >= 11 is 2.57. The molecular formula is C24H27I. The molecule has 5 rings (SSSR count). The van der Waals surface area contributed by atoms with Gasteiger partial charge in [-0.25, -0.2) is 0 Å². The van der Waals surface area contributed by atoms with Crippen molar-refractivity contribution in [2.45, 2.75) is 54.3 Å². The van der Waals surface area contributed by atoms with E-state index in [0.29, 0.717) is 11.8 Å². The third-order valence-corrected chi connectivity index (χ3v) is 7.95. The molecule has 0 saturated heterocycles. The highest BCUT2D eigenvalue weighted by Gasteiger charge is 2.32.